The number of nitrogens with zero attached hydrogens (tertiary/aromatic N) is 2. The summed E-state index contributed by atoms with van der Waals surface area (Å²) in [6.45, 7) is 7.21. The first-order valence-electron chi connectivity index (χ1n) is 9.11. The predicted octanol–water partition coefficient (Wildman–Crippen LogP) is 3.94. The van der Waals surface area contributed by atoms with Crippen LogP contribution in [0, 0.1) is 12.8 Å². The highest BCUT2D eigenvalue weighted by Crippen LogP contribution is 2.23. The van der Waals surface area contributed by atoms with Crippen molar-refractivity contribution in [2.75, 3.05) is 18.0 Å². The maximum atomic E-state index is 12.0. The molecule has 134 valence electrons. The summed E-state index contributed by atoms with van der Waals surface area (Å²) in [5.74, 6) is 0.872. The Kier molecular flexibility index (Phi) is 6.08. The fourth-order valence-corrected chi connectivity index (χ4v) is 4.11. The SMILES string of the molecule is Cc1ncsc1CCC(=O)NCc1ccc(N2CCCC(C)C2)cc1. The molecule has 1 aromatic heterocycles. The monoisotopic (exact) mass is 357 g/mol. The zero-order chi connectivity index (χ0) is 17.6. The Morgan fingerprint density at radius 2 is 2.16 bits per heavy atom. The van der Waals surface area contributed by atoms with Crippen LogP contribution in [0.15, 0.2) is 29.8 Å². The van der Waals surface area contributed by atoms with Crippen LogP contribution >= 0.6 is 11.3 Å². The number of hydrogen-bond acceptors (Lipinski definition) is 4. The number of anilines is 1. The van der Waals surface area contributed by atoms with Crippen molar-refractivity contribution >= 4 is 22.9 Å². The quantitative estimate of drug-likeness (QED) is 0.852. The molecule has 2 heterocycles. The van der Waals surface area contributed by atoms with E-state index in [9.17, 15) is 4.79 Å². The van der Waals surface area contributed by atoms with Crippen molar-refractivity contribution in [1.82, 2.24) is 10.3 Å². The molecule has 2 aromatic rings. The molecule has 4 nitrogen and oxygen atoms in total. The molecule has 0 saturated carbocycles. The van der Waals surface area contributed by atoms with Gasteiger partial charge in [0, 0.05) is 36.6 Å². The minimum atomic E-state index is 0.0988. The maximum absolute atomic E-state index is 12.0. The summed E-state index contributed by atoms with van der Waals surface area (Å²) in [5, 5.41) is 3.02. The van der Waals surface area contributed by atoms with E-state index in [0.717, 1.165) is 36.7 Å². The number of aryl methyl sites for hydroxylation is 2. The van der Waals surface area contributed by atoms with Gasteiger partial charge < -0.3 is 10.2 Å². The molecule has 3 rings (SSSR count). The minimum Gasteiger partial charge on any atom is -0.371 e. The van der Waals surface area contributed by atoms with Crippen LogP contribution in [0.4, 0.5) is 5.69 Å². The number of thiazole rings is 1. The van der Waals surface area contributed by atoms with Gasteiger partial charge in [0.15, 0.2) is 0 Å². The molecule has 0 aliphatic carbocycles. The average molecular weight is 358 g/mol. The van der Waals surface area contributed by atoms with E-state index in [2.05, 4.69) is 46.4 Å². The van der Waals surface area contributed by atoms with Crippen molar-refractivity contribution in [2.45, 2.75) is 46.1 Å². The van der Waals surface area contributed by atoms with E-state index >= 15 is 0 Å². The van der Waals surface area contributed by atoms with Crippen molar-refractivity contribution < 1.29 is 4.79 Å². The molecule has 1 aliphatic rings. The summed E-state index contributed by atoms with van der Waals surface area (Å²) in [4.78, 5) is 19.9. The van der Waals surface area contributed by atoms with E-state index in [-0.39, 0.29) is 5.91 Å². The lowest BCUT2D eigenvalue weighted by molar-refractivity contribution is -0.121. The molecule has 0 radical (unpaired) electrons. The number of aromatic nitrogens is 1. The molecule has 1 aromatic carbocycles. The van der Waals surface area contributed by atoms with Crippen molar-refractivity contribution in [3.63, 3.8) is 0 Å². The number of piperidine rings is 1. The number of benzene rings is 1. The first-order valence-corrected chi connectivity index (χ1v) is 9.99. The van der Waals surface area contributed by atoms with Gasteiger partial charge in [-0.05, 0) is 49.8 Å². The van der Waals surface area contributed by atoms with E-state index in [1.54, 1.807) is 11.3 Å². The highest BCUT2D eigenvalue weighted by atomic mass is 32.1. The van der Waals surface area contributed by atoms with Crippen LogP contribution in [0.25, 0.3) is 0 Å². The number of hydrogen-bond donors (Lipinski definition) is 1. The molecule has 1 aliphatic heterocycles. The Balaban J connectivity index is 1.45. The largest absolute Gasteiger partial charge is 0.371 e. The zero-order valence-corrected chi connectivity index (χ0v) is 15.9. The minimum absolute atomic E-state index is 0.0988. The zero-order valence-electron chi connectivity index (χ0n) is 15.1. The summed E-state index contributed by atoms with van der Waals surface area (Å²) in [5.41, 5.74) is 5.33. The lowest BCUT2D eigenvalue weighted by Gasteiger charge is -2.32. The molecule has 1 saturated heterocycles. The Hall–Kier alpha value is -1.88. The number of carbonyl (C=O) groups excluding carboxylic acids is 1. The van der Waals surface area contributed by atoms with Crippen LogP contribution < -0.4 is 10.2 Å². The molecular formula is C20H27N3OS. The first kappa shape index (κ1) is 17.9. The molecule has 0 spiro atoms. The summed E-state index contributed by atoms with van der Waals surface area (Å²) in [6.07, 6.45) is 3.90. The predicted molar refractivity (Wildman–Crippen MR) is 104 cm³/mol. The van der Waals surface area contributed by atoms with E-state index < -0.39 is 0 Å². The number of rotatable bonds is 6. The highest BCUT2D eigenvalue weighted by Gasteiger charge is 2.16. The lowest BCUT2D eigenvalue weighted by Crippen LogP contribution is -2.34. The molecular weight excluding hydrogens is 330 g/mol. The number of nitrogens with one attached hydrogen (secondary N) is 1. The van der Waals surface area contributed by atoms with Gasteiger partial charge in [-0.15, -0.1) is 11.3 Å². The maximum Gasteiger partial charge on any atom is 0.220 e. The standard InChI is InChI=1S/C20H27N3OS/c1-15-4-3-11-23(13-15)18-7-5-17(6-8-18)12-21-20(24)10-9-19-16(2)22-14-25-19/h5-8,14-15H,3-4,9-13H2,1-2H3,(H,21,24). The van der Waals surface area contributed by atoms with E-state index in [0.29, 0.717) is 13.0 Å². The fourth-order valence-electron chi connectivity index (χ4n) is 3.33. The van der Waals surface area contributed by atoms with Crippen LogP contribution in [0.3, 0.4) is 0 Å². The summed E-state index contributed by atoms with van der Waals surface area (Å²) in [7, 11) is 0. The summed E-state index contributed by atoms with van der Waals surface area (Å²) >= 11 is 1.63. The van der Waals surface area contributed by atoms with Crippen LogP contribution in [-0.4, -0.2) is 24.0 Å². The summed E-state index contributed by atoms with van der Waals surface area (Å²) in [6, 6.07) is 8.62. The van der Waals surface area contributed by atoms with E-state index in [1.807, 2.05) is 12.4 Å². The summed E-state index contributed by atoms with van der Waals surface area (Å²) < 4.78 is 0. The highest BCUT2D eigenvalue weighted by molar-refractivity contribution is 7.09. The Labute approximate surface area is 154 Å². The van der Waals surface area contributed by atoms with E-state index in [1.165, 1.54) is 23.4 Å². The second-order valence-corrected chi connectivity index (χ2v) is 7.94. The number of amides is 1. The van der Waals surface area contributed by atoms with Gasteiger partial charge in [-0.3, -0.25) is 4.79 Å². The normalized spacial score (nSPS) is 17.5. The molecule has 1 fully saturated rings. The molecule has 0 bridgehead atoms. The van der Waals surface area contributed by atoms with Crippen molar-refractivity contribution in [2.24, 2.45) is 5.92 Å². The van der Waals surface area contributed by atoms with Gasteiger partial charge in [-0.2, -0.15) is 0 Å². The van der Waals surface area contributed by atoms with Gasteiger partial charge in [0.05, 0.1) is 11.2 Å². The molecule has 1 atom stereocenters. The molecule has 1 N–H and O–H groups in total. The van der Waals surface area contributed by atoms with Gasteiger partial charge in [-0.25, -0.2) is 4.98 Å². The second-order valence-electron chi connectivity index (χ2n) is 7.00. The van der Waals surface area contributed by atoms with Gasteiger partial charge in [-0.1, -0.05) is 19.1 Å². The van der Waals surface area contributed by atoms with Crippen LogP contribution in [0.5, 0.6) is 0 Å². The van der Waals surface area contributed by atoms with Crippen LogP contribution in [0.2, 0.25) is 0 Å². The Bertz CT molecular complexity index is 695. The molecule has 25 heavy (non-hydrogen) atoms. The van der Waals surface area contributed by atoms with Gasteiger partial charge >= 0.3 is 0 Å². The third-order valence-corrected chi connectivity index (χ3v) is 5.87. The lowest BCUT2D eigenvalue weighted by atomic mass is 9.99. The molecule has 1 unspecified atom stereocenters. The van der Waals surface area contributed by atoms with Crippen LogP contribution in [0.1, 0.15) is 42.3 Å². The molecule has 5 heteroatoms. The second kappa shape index (κ2) is 8.48. The Morgan fingerprint density at radius 3 is 2.84 bits per heavy atom. The Morgan fingerprint density at radius 1 is 1.36 bits per heavy atom. The van der Waals surface area contributed by atoms with Gasteiger partial charge in [0.25, 0.3) is 0 Å². The first-order chi connectivity index (χ1) is 12.1. The van der Waals surface area contributed by atoms with Gasteiger partial charge in [0.1, 0.15) is 0 Å². The smallest absolute Gasteiger partial charge is 0.220 e. The topological polar surface area (TPSA) is 45.2 Å². The average Bonchev–Trinajstić information content (AvgIpc) is 3.03. The van der Waals surface area contributed by atoms with Gasteiger partial charge in [0.2, 0.25) is 5.91 Å². The third-order valence-electron chi connectivity index (χ3n) is 4.87. The molecule has 1 amide bonds. The fraction of sp³-hybridized carbons (Fsp3) is 0.500. The van der Waals surface area contributed by atoms with Crippen molar-refractivity contribution in [3.05, 3.63) is 45.9 Å². The van der Waals surface area contributed by atoms with E-state index in [4.69, 9.17) is 0 Å². The van der Waals surface area contributed by atoms with Crippen molar-refractivity contribution in [3.8, 4) is 0 Å². The van der Waals surface area contributed by atoms with Crippen LogP contribution in [-0.2, 0) is 17.8 Å². The van der Waals surface area contributed by atoms with Crippen molar-refractivity contribution in [1.29, 1.82) is 0 Å². The third kappa shape index (κ3) is 5.05. The number of carbonyl (C=O) groups is 1.